The Balaban J connectivity index is 2.38. The second-order valence-corrected chi connectivity index (χ2v) is 6.11. The Morgan fingerprint density at radius 1 is 0.909 bits per heavy atom. The zero-order valence-electron chi connectivity index (χ0n) is 14.2. The summed E-state index contributed by atoms with van der Waals surface area (Å²) in [5, 5.41) is 0. The lowest BCUT2D eigenvalue weighted by Crippen LogP contribution is -2.25. The standard InChI is InChI=1S/C22H28/c1-4-17-22(6-3,21-15-11-8-12-16-21)18-19(5-2)20-13-9-7-10-14-20/h5,7-16H,4,6,17-18H2,1-3H3. The molecule has 1 atom stereocenters. The molecular weight excluding hydrogens is 264 g/mol. The van der Waals surface area contributed by atoms with Crippen molar-refractivity contribution in [1.29, 1.82) is 0 Å². The molecule has 2 rings (SSSR count). The summed E-state index contributed by atoms with van der Waals surface area (Å²) in [6, 6.07) is 21.9. The molecule has 0 heterocycles. The van der Waals surface area contributed by atoms with Crippen molar-refractivity contribution in [3.8, 4) is 0 Å². The van der Waals surface area contributed by atoms with Gasteiger partial charge >= 0.3 is 0 Å². The molecular formula is C22H28. The van der Waals surface area contributed by atoms with Crippen molar-refractivity contribution in [1.82, 2.24) is 0 Å². The number of benzene rings is 2. The third-order valence-corrected chi connectivity index (χ3v) is 4.81. The largest absolute Gasteiger partial charge is 0.0838 e. The molecule has 1 unspecified atom stereocenters. The summed E-state index contributed by atoms with van der Waals surface area (Å²) in [7, 11) is 0. The second kappa shape index (κ2) is 7.98. The smallest absolute Gasteiger partial charge is 0.000927 e. The van der Waals surface area contributed by atoms with Crippen molar-refractivity contribution in [2.45, 2.75) is 51.9 Å². The van der Waals surface area contributed by atoms with Crippen LogP contribution in [0.5, 0.6) is 0 Å². The first-order chi connectivity index (χ1) is 10.8. The molecule has 0 radical (unpaired) electrons. The van der Waals surface area contributed by atoms with Crippen molar-refractivity contribution in [2.24, 2.45) is 0 Å². The quantitative estimate of drug-likeness (QED) is 0.537. The number of hydrogen-bond acceptors (Lipinski definition) is 0. The Hall–Kier alpha value is -1.82. The average molecular weight is 292 g/mol. The van der Waals surface area contributed by atoms with Gasteiger partial charge in [-0.05, 0) is 48.3 Å². The van der Waals surface area contributed by atoms with Crippen LogP contribution in [0.4, 0.5) is 0 Å². The first kappa shape index (κ1) is 16.5. The minimum absolute atomic E-state index is 0.244. The third kappa shape index (κ3) is 3.68. The van der Waals surface area contributed by atoms with E-state index in [9.17, 15) is 0 Å². The number of allylic oxidation sites excluding steroid dienone is 2. The molecule has 0 nitrogen and oxygen atoms in total. The van der Waals surface area contributed by atoms with E-state index in [1.54, 1.807) is 0 Å². The maximum atomic E-state index is 2.33. The van der Waals surface area contributed by atoms with Crippen molar-refractivity contribution in [2.75, 3.05) is 0 Å². The van der Waals surface area contributed by atoms with E-state index in [4.69, 9.17) is 0 Å². The highest BCUT2D eigenvalue weighted by atomic mass is 14.3. The Kier molecular flexibility index (Phi) is 6.00. The average Bonchev–Trinajstić information content (AvgIpc) is 2.60. The first-order valence-electron chi connectivity index (χ1n) is 8.52. The highest BCUT2D eigenvalue weighted by molar-refractivity contribution is 5.66. The van der Waals surface area contributed by atoms with E-state index in [2.05, 4.69) is 87.5 Å². The van der Waals surface area contributed by atoms with E-state index in [1.807, 2.05) is 0 Å². The molecule has 0 amide bonds. The summed E-state index contributed by atoms with van der Waals surface area (Å²) in [5.41, 5.74) is 4.54. The highest BCUT2D eigenvalue weighted by Gasteiger charge is 2.30. The van der Waals surface area contributed by atoms with E-state index < -0.39 is 0 Å². The van der Waals surface area contributed by atoms with Gasteiger partial charge in [0, 0.05) is 0 Å². The lowest BCUT2D eigenvalue weighted by Gasteiger charge is -2.35. The molecule has 0 aliphatic carbocycles. The van der Waals surface area contributed by atoms with Crippen LogP contribution >= 0.6 is 0 Å². The van der Waals surface area contributed by atoms with Crippen LogP contribution in [0.25, 0.3) is 5.57 Å². The molecule has 0 bridgehead atoms. The van der Waals surface area contributed by atoms with Crippen LogP contribution in [-0.2, 0) is 5.41 Å². The van der Waals surface area contributed by atoms with Gasteiger partial charge in [0.2, 0.25) is 0 Å². The van der Waals surface area contributed by atoms with E-state index in [1.165, 1.54) is 36.0 Å². The molecule has 2 aromatic carbocycles. The topological polar surface area (TPSA) is 0 Å². The van der Waals surface area contributed by atoms with Gasteiger partial charge in [-0.3, -0.25) is 0 Å². The molecule has 116 valence electrons. The molecule has 22 heavy (non-hydrogen) atoms. The van der Waals surface area contributed by atoms with Gasteiger partial charge in [0.1, 0.15) is 0 Å². The van der Waals surface area contributed by atoms with Gasteiger partial charge in [0.15, 0.2) is 0 Å². The van der Waals surface area contributed by atoms with E-state index in [0.717, 1.165) is 6.42 Å². The Morgan fingerprint density at radius 2 is 1.50 bits per heavy atom. The Morgan fingerprint density at radius 3 is 2.00 bits per heavy atom. The molecule has 0 heteroatoms. The highest BCUT2D eigenvalue weighted by Crippen LogP contribution is 2.41. The van der Waals surface area contributed by atoms with Gasteiger partial charge < -0.3 is 0 Å². The summed E-state index contributed by atoms with van der Waals surface area (Å²) >= 11 is 0. The van der Waals surface area contributed by atoms with E-state index in [0.29, 0.717) is 0 Å². The van der Waals surface area contributed by atoms with Crippen molar-refractivity contribution < 1.29 is 0 Å². The SMILES string of the molecule is CC=C(CC(CC)(CCC)c1ccccc1)c1ccccc1. The molecule has 0 aliphatic rings. The van der Waals surface area contributed by atoms with E-state index >= 15 is 0 Å². The molecule has 2 aromatic rings. The summed E-state index contributed by atoms with van der Waals surface area (Å²) in [6.45, 7) is 6.80. The second-order valence-electron chi connectivity index (χ2n) is 6.11. The number of rotatable bonds is 7. The first-order valence-corrected chi connectivity index (χ1v) is 8.52. The normalized spacial score (nSPS) is 14.6. The minimum Gasteiger partial charge on any atom is -0.0838 e. The van der Waals surface area contributed by atoms with Crippen molar-refractivity contribution in [3.05, 3.63) is 77.9 Å². The van der Waals surface area contributed by atoms with Crippen LogP contribution in [0, 0.1) is 0 Å². The lowest BCUT2D eigenvalue weighted by atomic mass is 9.69. The molecule has 0 saturated heterocycles. The van der Waals surface area contributed by atoms with Gasteiger partial charge in [-0.15, -0.1) is 0 Å². The summed E-state index contributed by atoms with van der Waals surface area (Å²) in [4.78, 5) is 0. The predicted octanol–water partition coefficient (Wildman–Crippen LogP) is 6.63. The summed E-state index contributed by atoms with van der Waals surface area (Å²) < 4.78 is 0. The van der Waals surface area contributed by atoms with Crippen LogP contribution in [0.2, 0.25) is 0 Å². The predicted molar refractivity (Wildman–Crippen MR) is 98.0 cm³/mol. The molecule has 0 N–H and O–H groups in total. The van der Waals surface area contributed by atoms with Crippen molar-refractivity contribution in [3.63, 3.8) is 0 Å². The van der Waals surface area contributed by atoms with Gasteiger partial charge in [-0.25, -0.2) is 0 Å². The fraction of sp³-hybridized carbons (Fsp3) is 0.364. The molecule has 0 aliphatic heterocycles. The third-order valence-electron chi connectivity index (χ3n) is 4.81. The van der Waals surface area contributed by atoms with Crippen LogP contribution in [-0.4, -0.2) is 0 Å². The fourth-order valence-electron chi connectivity index (χ4n) is 3.50. The summed E-state index contributed by atoms with van der Waals surface area (Å²) in [6.07, 6.45) is 7.03. The molecule has 0 saturated carbocycles. The van der Waals surface area contributed by atoms with Crippen LogP contribution < -0.4 is 0 Å². The lowest BCUT2D eigenvalue weighted by molar-refractivity contribution is 0.383. The van der Waals surface area contributed by atoms with Crippen molar-refractivity contribution >= 4 is 5.57 Å². The van der Waals surface area contributed by atoms with Gasteiger partial charge in [0.05, 0.1) is 0 Å². The Bertz CT molecular complexity index is 580. The van der Waals surface area contributed by atoms with Crippen LogP contribution in [0.3, 0.4) is 0 Å². The minimum atomic E-state index is 0.244. The maximum Gasteiger partial charge on any atom is -0.000927 e. The van der Waals surface area contributed by atoms with E-state index in [-0.39, 0.29) is 5.41 Å². The number of hydrogen-bond donors (Lipinski definition) is 0. The monoisotopic (exact) mass is 292 g/mol. The van der Waals surface area contributed by atoms with Crippen LogP contribution in [0.15, 0.2) is 66.7 Å². The molecule has 0 aromatic heterocycles. The van der Waals surface area contributed by atoms with Gasteiger partial charge in [-0.2, -0.15) is 0 Å². The molecule has 0 fully saturated rings. The zero-order chi connectivity index (χ0) is 15.8. The van der Waals surface area contributed by atoms with Gasteiger partial charge in [0.25, 0.3) is 0 Å². The Labute approximate surface area is 135 Å². The van der Waals surface area contributed by atoms with Gasteiger partial charge in [-0.1, -0.05) is 87.0 Å². The summed E-state index contributed by atoms with van der Waals surface area (Å²) in [5.74, 6) is 0. The van der Waals surface area contributed by atoms with Crippen LogP contribution in [0.1, 0.15) is 57.6 Å². The molecule has 0 spiro atoms. The maximum absolute atomic E-state index is 2.33. The fourth-order valence-corrected chi connectivity index (χ4v) is 3.50. The zero-order valence-corrected chi connectivity index (χ0v) is 14.2.